The van der Waals surface area contributed by atoms with Crippen molar-refractivity contribution >= 4 is 5.96 Å². The Morgan fingerprint density at radius 2 is 2.00 bits per heavy atom. The number of guanidine groups is 1. The van der Waals surface area contributed by atoms with E-state index in [1.165, 1.54) is 19.3 Å². The number of nitrogens with zero attached hydrogens (tertiary/aromatic N) is 1. The number of aliphatic imine (C=N–C) groups is 1. The molecule has 2 unspecified atom stereocenters. The second-order valence-corrected chi connectivity index (χ2v) is 3.79. The molecular weight excluding hydrogens is 152 g/mol. The molecule has 0 amide bonds. The summed E-state index contributed by atoms with van der Waals surface area (Å²) in [6.45, 7) is 0. The van der Waals surface area contributed by atoms with E-state index in [0.29, 0.717) is 12.0 Å². The number of nitrogens with one attached hydrogen (secondary N) is 2. The van der Waals surface area contributed by atoms with E-state index in [-0.39, 0.29) is 0 Å². The molecule has 0 heterocycles. The number of fused-ring (bicyclic) bond motifs is 1. The molecule has 2 saturated carbocycles. The van der Waals surface area contributed by atoms with Crippen molar-refractivity contribution in [3.8, 4) is 0 Å². The summed E-state index contributed by atoms with van der Waals surface area (Å²) < 4.78 is 0. The van der Waals surface area contributed by atoms with Crippen molar-refractivity contribution in [3.05, 3.63) is 0 Å². The molecule has 12 heavy (non-hydrogen) atoms. The van der Waals surface area contributed by atoms with E-state index in [9.17, 15) is 0 Å². The Morgan fingerprint density at radius 1 is 1.33 bits per heavy atom. The van der Waals surface area contributed by atoms with Crippen LogP contribution in [-0.2, 0) is 0 Å². The molecule has 2 atom stereocenters. The maximum Gasteiger partial charge on any atom is 0.205 e. The van der Waals surface area contributed by atoms with Gasteiger partial charge in [-0.3, -0.25) is 10.4 Å². The molecule has 2 fully saturated rings. The van der Waals surface area contributed by atoms with Gasteiger partial charge in [-0.15, -0.1) is 0 Å². The summed E-state index contributed by atoms with van der Waals surface area (Å²) >= 11 is 0. The normalized spacial score (nSPS) is 39.2. The zero-order valence-electron chi connectivity index (χ0n) is 7.38. The van der Waals surface area contributed by atoms with Gasteiger partial charge in [0.25, 0.3) is 0 Å². The van der Waals surface area contributed by atoms with Gasteiger partial charge in [0.1, 0.15) is 0 Å². The quantitative estimate of drug-likeness (QED) is 0.220. The van der Waals surface area contributed by atoms with Gasteiger partial charge >= 0.3 is 0 Å². The first-order chi connectivity index (χ1) is 5.83. The SMILES string of the molecule is CN=C(NN)NC1CC2CC2C1. The predicted molar refractivity (Wildman–Crippen MR) is 48.4 cm³/mol. The lowest BCUT2D eigenvalue weighted by molar-refractivity contribution is 0.552. The Labute approximate surface area is 72.6 Å². The van der Waals surface area contributed by atoms with Crippen LogP contribution >= 0.6 is 0 Å². The van der Waals surface area contributed by atoms with E-state index in [4.69, 9.17) is 5.84 Å². The van der Waals surface area contributed by atoms with Gasteiger partial charge in [0.05, 0.1) is 0 Å². The van der Waals surface area contributed by atoms with E-state index >= 15 is 0 Å². The molecule has 0 radical (unpaired) electrons. The molecule has 4 nitrogen and oxygen atoms in total. The van der Waals surface area contributed by atoms with Gasteiger partial charge in [0, 0.05) is 13.1 Å². The third-order valence-electron chi connectivity index (χ3n) is 2.94. The van der Waals surface area contributed by atoms with Crippen LogP contribution < -0.4 is 16.6 Å². The van der Waals surface area contributed by atoms with Crippen LogP contribution in [0.25, 0.3) is 0 Å². The van der Waals surface area contributed by atoms with Crippen molar-refractivity contribution < 1.29 is 0 Å². The molecule has 0 aromatic rings. The molecule has 2 aliphatic carbocycles. The van der Waals surface area contributed by atoms with Gasteiger partial charge < -0.3 is 5.32 Å². The maximum atomic E-state index is 5.26. The lowest BCUT2D eigenvalue weighted by Crippen LogP contribution is -2.45. The zero-order valence-corrected chi connectivity index (χ0v) is 7.38. The molecule has 0 aromatic heterocycles. The maximum absolute atomic E-state index is 5.26. The lowest BCUT2D eigenvalue weighted by atomic mass is 10.2. The van der Waals surface area contributed by atoms with Gasteiger partial charge in [0.2, 0.25) is 5.96 Å². The van der Waals surface area contributed by atoms with Crippen LogP contribution in [0.15, 0.2) is 4.99 Å². The number of rotatable bonds is 1. The molecule has 0 bridgehead atoms. The first kappa shape index (κ1) is 7.86. The fourth-order valence-electron chi connectivity index (χ4n) is 2.20. The first-order valence-electron chi connectivity index (χ1n) is 4.53. The first-order valence-corrected chi connectivity index (χ1v) is 4.53. The largest absolute Gasteiger partial charge is 0.353 e. The van der Waals surface area contributed by atoms with E-state index in [1.807, 2.05) is 0 Å². The van der Waals surface area contributed by atoms with E-state index < -0.39 is 0 Å². The Bertz CT molecular complexity index is 191. The second-order valence-electron chi connectivity index (χ2n) is 3.79. The summed E-state index contributed by atoms with van der Waals surface area (Å²) in [5.41, 5.74) is 2.55. The van der Waals surface area contributed by atoms with Crippen LogP contribution in [0, 0.1) is 11.8 Å². The molecule has 68 valence electrons. The van der Waals surface area contributed by atoms with Crippen LogP contribution in [0.4, 0.5) is 0 Å². The summed E-state index contributed by atoms with van der Waals surface area (Å²) in [5, 5.41) is 3.29. The molecule has 4 heteroatoms. The Balaban J connectivity index is 1.79. The average Bonchev–Trinajstić information content (AvgIpc) is 2.70. The van der Waals surface area contributed by atoms with Gasteiger partial charge in [-0.25, -0.2) is 5.84 Å². The van der Waals surface area contributed by atoms with E-state index in [2.05, 4.69) is 15.7 Å². The average molecular weight is 168 g/mol. The molecule has 0 saturated heterocycles. The van der Waals surface area contributed by atoms with Crippen molar-refractivity contribution in [1.82, 2.24) is 10.7 Å². The van der Waals surface area contributed by atoms with Crippen LogP contribution in [0.1, 0.15) is 19.3 Å². The molecule has 0 aromatic carbocycles. The standard InChI is InChI=1S/C8H16N4/c1-10-8(12-9)11-7-3-5-2-6(5)4-7/h5-7H,2-4,9H2,1H3,(H2,10,11,12). The van der Waals surface area contributed by atoms with Crippen molar-refractivity contribution in [2.24, 2.45) is 22.7 Å². The Kier molecular flexibility index (Phi) is 1.92. The molecule has 2 rings (SSSR count). The summed E-state index contributed by atoms with van der Waals surface area (Å²) in [4.78, 5) is 3.98. The Morgan fingerprint density at radius 3 is 2.50 bits per heavy atom. The van der Waals surface area contributed by atoms with Crippen molar-refractivity contribution in [1.29, 1.82) is 0 Å². The van der Waals surface area contributed by atoms with Crippen LogP contribution in [-0.4, -0.2) is 19.0 Å². The molecule has 4 N–H and O–H groups in total. The van der Waals surface area contributed by atoms with Gasteiger partial charge in [-0.2, -0.15) is 0 Å². The topological polar surface area (TPSA) is 62.4 Å². The van der Waals surface area contributed by atoms with Crippen LogP contribution in [0.3, 0.4) is 0 Å². The van der Waals surface area contributed by atoms with Crippen molar-refractivity contribution in [2.45, 2.75) is 25.3 Å². The number of hydrogen-bond acceptors (Lipinski definition) is 2. The zero-order chi connectivity index (χ0) is 8.55. The fraction of sp³-hybridized carbons (Fsp3) is 0.875. The van der Waals surface area contributed by atoms with Gasteiger partial charge in [-0.1, -0.05) is 0 Å². The van der Waals surface area contributed by atoms with Crippen molar-refractivity contribution in [3.63, 3.8) is 0 Å². The lowest BCUT2D eigenvalue weighted by Gasteiger charge is -2.16. The number of hydrazine groups is 1. The minimum absolute atomic E-state index is 0.600. The monoisotopic (exact) mass is 168 g/mol. The number of nitrogens with two attached hydrogens (primary N) is 1. The summed E-state index contributed by atoms with van der Waals surface area (Å²) in [5.74, 6) is 7.97. The second kappa shape index (κ2) is 2.94. The van der Waals surface area contributed by atoms with Crippen LogP contribution in [0.2, 0.25) is 0 Å². The molecule has 2 aliphatic rings. The van der Waals surface area contributed by atoms with Crippen molar-refractivity contribution in [2.75, 3.05) is 7.05 Å². The fourth-order valence-corrected chi connectivity index (χ4v) is 2.20. The molecule has 0 spiro atoms. The van der Waals surface area contributed by atoms with Gasteiger partial charge in [-0.05, 0) is 31.1 Å². The highest BCUT2D eigenvalue weighted by atomic mass is 15.3. The van der Waals surface area contributed by atoms with Crippen LogP contribution in [0.5, 0.6) is 0 Å². The van der Waals surface area contributed by atoms with Gasteiger partial charge in [0.15, 0.2) is 0 Å². The minimum Gasteiger partial charge on any atom is -0.353 e. The number of hydrogen-bond donors (Lipinski definition) is 3. The molecular formula is C8H16N4. The summed E-state index contributed by atoms with van der Waals surface area (Å²) in [6, 6.07) is 0.600. The highest BCUT2D eigenvalue weighted by Crippen LogP contribution is 2.51. The predicted octanol–water partition coefficient (Wildman–Crippen LogP) is -0.176. The third-order valence-corrected chi connectivity index (χ3v) is 2.94. The third kappa shape index (κ3) is 1.39. The Hall–Kier alpha value is -0.770. The smallest absolute Gasteiger partial charge is 0.205 e. The van der Waals surface area contributed by atoms with E-state index in [1.54, 1.807) is 7.05 Å². The summed E-state index contributed by atoms with van der Waals surface area (Å²) in [7, 11) is 1.73. The van der Waals surface area contributed by atoms with E-state index in [0.717, 1.165) is 11.8 Å². The minimum atomic E-state index is 0.600. The summed E-state index contributed by atoms with van der Waals surface area (Å²) in [6.07, 6.45) is 4.05. The molecule has 0 aliphatic heterocycles. The highest BCUT2D eigenvalue weighted by Gasteiger charge is 2.45. The highest BCUT2D eigenvalue weighted by molar-refractivity contribution is 5.79.